The van der Waals surface area contributed by atoms with Gasteiger partial charge in [-0.15, -0.1) is 0 Å². The molecule has 0 bridgehead atoms. The van der Waals surface area contributed by atoms with E-state index in [2.05, 4.69) is 15.9 Å². The second-order valence-corrected chi connectivity index (χ2v) is 4.31. The molecule has 0 unspecified atom stereocenters. The van der Waals surface area contributed by atoms with Gasteiger partial charge in [0.1, 0.15) is 0 Å². The summed E-state index contributed by atoms with van der Waals surface area (Å²) in [7, 11) is 0. The van der Waals surface area contributed by atoms with E-state index in [0.29, 0.717) is 16.3 Å². The summed E-state index contributed by atoms with van der Waals surface area (Å²) in [6.07, 6.45) is 0. The Morgan fingerprint density at radius 2 is 1.78 bits per heavy atom. The van der Waals surface area contributed by atoms with Crippen molar-refractivity contribution in [3.63, 3.8) is 0 Å². The molecule has 2 N–H and O–H groups in total. The predicted octanol–water partition coefficient (Wildman–Crippen LogP) is 3.13. The maximum Gasteiger partial charge on any atom is 0.336 e. The number of fused-ring (bicyclic) bond motifs is 1. The Kier molecular flexibility index (Phi) is 3.34. The van der Waals surface area contributed by atoms with E-state index in [-0.39, 0.29) is 16.5 Å². The highest BCUT2D eigenvalue weighted by molar-refractivity contribution is 9.08. The lowest BCUT2D eigenvalue weighted by atomic mass is 9.95. The molecule has 92 valence electrons. The Balaban J connectivity index is 2.97. The molecule has 0 aliphatic rings. The first-order valence-electron chi connectivity index (χ1n) is 5.13. The molecule has 0 fully saturated rings. The van der Waals surface area contributed by atoms with Gasteiger partial charge in [0.25, 0.3) is 0 Å². The molecule has 2 aromatic carbocycles. The number of rotatable bonds is 3. The molecule has 0 aromatic heterocycles. The van der Waals surface area contributed by atoms with Crippen molar-refractivity contribution in [1.82, 2.24) is 0 Å². The number of carboxylic acids is 2. The first-order valence-corrected chi connectivity index (χ1v) is 6.25. The highest BCUT2D eigenvalue weighted by Crippen LogP contribution is 2.27. The van der Waals surface area contributed by atoms with Crippen LogP contribution in [0, 0.1) is 0 Å². The second kappa shape index (κ2) is 4.78. The number of carboxylic acid groups (broad SMARTS) is 2. The van der Waals surface area contributed by atoms with E-state index >= 15 is 0 Å². The van der Waals surface area contributed by atoms with Crippen LogP contribution >= 0.6 is 15.9 Å². The zero-order chi connectivity index (χ0) is 13.3. The molecule has 4 nitrogen and oxygen atoms in total. The van der Waals surface area contributed by atoms with E-state index in [1.54, 1.807) is 24.3 Å². The molecular weight excluding hydrogens is 300 g/mol. The van der Waals surface area contributed by atoms with Gasteiger partial charge < -0.3 is 10.2 Å². The number of aromatic carboxylic acids is 2. The molecule has 0 spiro atoms. The Morgan fingerprint density at radius 1 is 1.06 bits per heavy atom. The van der Waals surface area contributed by atoms with E-state index in [0.717, 1.165) is 0 Å². The molecule has 0 radical (unpaired) electrons. The van der Waals surface area contributed by atoms with Gasteiger partial charge in [-0.3, -0.25) is 0 Å². The zero-order valence-electron chi connectivity index (χ0n) is 9.18. The smallest absolute Gasteiger partial charge is 0.336 e. The van der Waals surface area contributed by atoms with Crippen LogP contribution in [0.4, 0.5) is 0 Å². The van der Waals surface area contributed by atoms with Crippen LogP contribution in [0.5, 0.6) is 0 Å². The average Bonchev–Trinajstić information content (AvgIpc) is 2.35. The molecule has 5 heteroatoms. The van der Waals surface area contributed by atoms with Crippen molar-refractivity contribution in [2.45, 2.75) is 5.33 Å². The van der Waals surface area contributed by atoms with Crippen LogP contribution in [0.2, 0.25) is 0 Å². The molecule has 2 aromatic rings. The molecule has 2 rings (SSSR count). The summed E-state index contributed by atoms with van der Waals surface area (Å²) in [6, 6.07) is 8.13. The van der Waals surface area contributed by atoms with Gasteiger partial charge in [-0.2, -0.15) is 0 Å². The summed E-state index contributed by atoms with van der Waals surface area (Å²) < 4.78 is 0. The summed E-state index contributed by atoms with van der Waals surface area (Å²) in [5, 5.41) is 19.7. The van der Waals surface area contributed by atoms with Crippen molar-refractivity contribution in [2.24, 2.45) is 0 Å². The standard InChI is InChI=1S/C13H9BrO4/c14-6-8-5-4-7-2-1-3-9(12(15)16)10(7)11(8)13(17)18/h1-5H,6H2,(H,15,16)(H,17,18). The molecule has 18 heavy (non-hydrogen) atoms. The predicted molar refractivity (Wildman–Crippen MR) is 70.5 cm³/mol. The van der Waals surface area contributed by atoms with Gasteiger partial charge in [0.05, 0.1) is 11.1 Å². The highest BCUT2D eigenvalue weighted by atomic mass is 79.9. The lowest BCUT2D eigenvalue weighted by Gasteiger charge is -2.10. The van der Waals surface area contributed by atoms with E-state index in [4.69, 9.17) is 5.11 Å². The molecular formula is C13H9BrO4. The minimum Gasteiger partial charge on any atom is -0.478 e. The van der Waals surface area contributed by atoms with Crippen LogP contribution in [-0.2, 0) is 5.33 Å². The third-order valence-corrected chi connectivity index (χ3v) is 3.32. The normalized spacial score (nSPS) is 10.5. The quantitative estimate of drug-likeness (QED) is 0.854. The topological polar surface area (TPSA) is 74.6 Å². The van der Waals surface area contributed by atoms with Crippen LogP contribution in [0.1, 0.15) is 26.3 Å². The molecule has 0 heterocycles. The van der Waals surface area contributed by atoms with Crippen LogP contribution in [0.15, 0.2) is 30.3 Å². The van der Waals surface area contributed by atoms with Gasteiger partial charge >= 0.3 is 11.9 Å². The number of halogens is 1. The van der Waals surface area contributed by atoms with E-state index in [9.17, 15) is 14.7 Å². The lowest BCUT2D eigenvalue weighted by Crippen LogP contribution is -2.07. The van der Waals surface area contributed by atoms with Crippen LogP contribution in [0.25, 0.3) is 10.8 Å². The Hall–Kier alpha value is -1.88. The highest BCUT2D eigenvalue weighted by Gasteiger charge is 2.19. The number of alkyl halides is 1. The first kappa shape index (κ1) is 12.6. The second-order valence-electron chi connectivity index (χ2n) is 3.75. The lowest BCUT2D eigenvalue weighted by molar-refractivity contribution is 0.0695. The zero-order valence-corrected chi connectivity index (χ0v) is 10.8. The van der Waals surface area contributed by atoms with Crippen molar-refractivity contribution in [2.75, 3.05) is 0 Å². The Labute approximate surface area is 111 Å². The number of carbonyl (C=O) groups is 2. The SMILES string of the molecule is O=C(O)c1cccc2ccc(CBr)c(C(=O)O)c12. The Morgan fingerprint density at radius 3 is 2.33 bits per heavy atom. The maximum absolute atomic E-state index is 11.4. The fraction of sp³-hybridized carbons (Fsp3) is 0.0769. The molecule has 0 saturated heterocycles. The van der Waals surface area contributed by atoms with Gasteiger partial charge in [-0.05, 0) is 17.0 Å². The van der Waals surface area contributed by atoms with Gasteiger partial charge in [-0.25, -0.2) is 9.59 Å². The average molecular weight is 309 g/mol. The third kappa shape index (κ3) is 1.97. The largest absolute Gasteiger partial charge is 0.478 e. The van der Waals surface area contributed by atoms with Gasteiger partial charge in [0.15, 0.2) is 0 Å². The fourth-order valence-electron chi connectivity index (χ4n) is 1.96. The molecule has 0 amide bonds. The molecule has 0 saturated carbocycles. The van der Waals surface area contributed by atoms with E-state index in [1.165, 1.54) is 6.07 Å². The van der Waals surface area contributed by atoms with Crippen molar-refractivity contribution in [3.8, 4) is 0 Å². The number of hydrogen-bond acceptors (Lipinski definition) is 2. The van der Waals surface area contributed by atoms with E-state index < -0.39 is 11.9 Å². The van der Waals surface area contributed by atoms with Gasteiger partial charge in [0.2, 0.25) is 0 Å². The van der Waals surface area contributed by atoms with Gasteiger partial charge in [-0.1, -0.05) is 40.2 Å². The molecule has 0 aliphatic heterocycles. The molecule has 0 atom stereocenters. The van der Waals surface area contributed by atoms with Crippen molar-refractivity contribution >= 4 is 38.6 Å². The summed E-state index contributed by atoms with van der Waals surface area (Å²) >= 11 is 3.21. The van der Waals surface area contributed by atoms with Crippen molar-refractivity contribution in [3.05, 3.63) is 47.0 Å². The monoisotopic (exact) mass is 308 g/mol. The van der Waals surface area contributed by atoms with Gasteiger partial charge in [0, 0.05) is 10.7 Å². The molecule has 0 aliphatic carbocycles. The maximum atomic E-state index is 11.4. The summed E-state index contributed by atoms with van der Waals surface area (Å²) in [5.41, 5.74) is 0.610. The minimum atomic E-state index is -1.13. The van der Waals surface area contributed by atoms with Crippen molar-refractivity contribution in [1.29, 1.82) is 0 Å². The summed E-state index contributed by atoms with van der Waals surface area (Å²) in [4.78, 5) is 22.5. The van der Waals surface area contributed by atoms with Crippen LogP contribution in [0.3, 0.4) is 0 Å². The van der Waals surface area contributed by atoms with E-state index in [1.807, 2.05) is 0 Å². The van der Waals surface area contributed by atoms with Crippen LogP contribution in [-0.4, -0.2) is 22.2 Å². The Bertz CT molecular complexity index is 649. The minimum absolute atomic E-state index is 0.00713. The van der Waals surface area contributed by atoms with Crippen LogP contribution < -0.4 is 0 Å². The number of hydrogen-bond donors (Lipinski definition) is 2. The summed E-state index contributed by atoms with van der Waals surface area (Å²) in [6.45, 7) is 0. The third-order valence-electron chi connectivity index (χ3n) is 2.72. The van der Waals surface area contributed by atoms with Crippen molar-refractivity contribution < 1.29 is 19.8 Å². The fourth-order valence-corrected chi connectivity index (χ4v) is 2.42. The number of benzene rings is 2. The summed E-state index contributed by atoms with van der Waals surface area (Å²) in [5.74, 6) is -2.25. The first-order chi connectivity index (χ1) is 8.56.